The monoisotopic (exact) mass is 255 g/mol. The van der Waals surface area contributed by atoms with Crippen molar-refractivity contribution in [2.75, 3.05) is 0 Å². The van der Waals surface area contributed by atoms with Crippen LogP contribution in [0.15, 0.2) is 18.2 Å². The Bertz CT molecular complexity index is 455. The van der Waals surface area contributed by atoms with Crippen LogP contribution in [0.2, 0.25) is 5.02 Å². The Morgan fingerprint density at radius 3 is 2.82 bits per heavy atom. The van der Waals surface area contributed by atoms with E-state index in [1.807, 2.05) is 0 Å². The standard InChI is InChI=1S/C13H15ClFNO/c1-13(16,9-5-6-9)11(17)7-8-3-2-4-10(15)12(8)14/h2-4,9H,5-7,16H2,1H3. The molecule has 1 unspecified atom stereocenters. The summed E-state index contributed by atoms with van der Waals surface area (Å²) in [5.41, 5.74) is 5.71. The van der Waals surface area contributed by atoms with Gasteiger partial charge >= 0.3 is 0 Å². The van der Waals surface area contributed by atoms with E-state index in [1.165, 1.54) is 6.07 Å². The lowest BCUT2D eigenvalue weighted by atomic mass is 9.88. The highest BCUT2D eigenvalue weighted by atomic mass is 35.5. The summed E-state index contributed by atoms with van der Waals surface area (Å²) in [5.74, 6) is -0.308. The number of nitrogens with two attached hydrogens (primary N) is 1. The van der Waals surface area contributed by atoms with Crippen molar-refractivity contribution in [2.45, 2.75) is 31.7 Å². The van der Waals surface area contributed by atoms with Crippen LogP contribution < -0.4 is 5.73 Å². The minimum Gasteiger partial charge on any atom is -0.319 e. The molecular weight excluding hydrogens is 241 g/mol. The van der Waals surface area contributed by atoms with Gasteiger partial charge in [0.1, 0.15) is 5.82 Å². The number of halogens is 2. The van der Waals surface area contributed by atoms with Crippen molar-refractivity contribution in [1.82, 2.24) is 0 Å². The van der Waals surface area contributed by atoms with E-state index in [-0.39, 0.29) is 23.1 Å². The number of rotatable bonds is 4. The minimum absolute atomic E-state index is 0.0208. The molecule has 2 nitrogen and oxygen atoms in total. The second kappa shape index (κ2) is 4.39. The summed E-state index contributed by atoms with van der Waals surface area (Å²) in [4.78, 5) is 12.1. The Morgan fingerprint density at radius 2 is 2.24 bits per heavy atom. The van der Waals surface area contributed by atoms with Crippen molar-refractivity contribution in [3.05, 3.63) is 34.6 Å². The van der Waals surface area contributed by atoms with Gasteiger partial charge in [0.2, 0.25) is 0 Å². The zero-order chi connectivity index (χ0) is 12.6. The molecule has 1 atom stereocenters. The molecule has 0 amide bonds. The van der Waals surface area contributed by atoms with Gasteiger partial charge < -0.3 is 5.73 Å². The molecule has 0 heterocycles. The summed E-state index contributed by atoms with van der Waals surface area (Å²) in [6.07, 6.45) is 2.09. The SMILES string of the molecule is CC(N)(C(=O)Cc1cccc(F)c1Cl)C1CC1. The van der Waals surface area contributed by atoms with E-state index in [1.54, 1.807) is 19.1 Å². The summed E-state index contributed by atoms with van der Waals surface area (Å²) < 4.78 is 13.2. The van der Waals surface area contributed by atoms with Crippen molar-refractivity contribution < 1.29 is 9.18 Å². The summed E-state index contributed by atoms with van der Waals surface area (Å²) in [6.45, 7) is 1.75. The maximum atomic E-state index is 13.2. The van der Waals surface area contributed by atoms with Crippen molar-refractivity contribution in [1.29, 1.82) is 0 Å². The van der Waals surface area contributed by atoms with E-state index < -0.39 is 11.4 Å². The third-order valence-electron chi connectivity index (χ3n) is 3.41. The Morgan fingerprint density at radius 1 is 1.59 bits per heavy atom. The maximum absolute atomic E-state index is 13.2. The molecule has 0 spiro atoms. The predicted molar refractivity (Wildman–Crippen MR) is 65.4 cm³/mol. The number of benzene rings is 1. The molecular formula is C13H15ClFNO. The van der Waals surface area contributed by atoms with Crippen molar-refractivity contribution in [2.24, 2.45) is 11.7 Å². The van der Waals surface area contributed by atoms with Crippen LogP contribution in [0.1, 0.15) is 25.3 Å². The first-order chi connectivity index (χ1) is 7.93. The molecule has 0 aliphatic heterocycles. The average Bonchev–Trinajstić information content (AvgIpc) is 3.08. The summed E-state index contributed by atoms with van der Waals surface area (Å²) in [6, 6.07) is 4.49. The molecule has 0 bridgehead atoms. The van der Waals surface area contributed by atoms with Crippen molar-refractivity contribution >= 4 is 17.4 Å². The molecule has 2 N–H and O–H groups in total. The first-order valence-corrected chi connectivity index (χ1v) is 6.06. The molecule has 4 heteroatoms. The van der Waals surface area contributed by atoms with E-state index in [0.717, 1.165) is 12.8 Å². The summed E-state index contributed by atoms with van der Waals surface area (Å²) in [5, 5.41) is 0.0208. The van der Waals surface area contributed by atoms with Gasteiger partial charge in [-0.3, -0.25) is 4.79 Å². The van der Waals surface area contributed by atoms with Crippen LogP contribution in [-0.2, 0) is 11.2 Å². The smallest absolute Gasteiger partial charge is 0.157 e. The van der Waals surface area contributed by atoms with Gasteiger partial charge in [-0.2, -0.15) is 0 Å². The van der Waals surface area contributed by atoms with Crippen molar-refractivity contribution in [3.63, 3.8) is 0 Å². The molecule has 1 aromatic carbocycles. The van der Waals surface area contributed by atoms with Crippen LogP contribution in [0.4, 0.5) is 4.39 Å². The highest BCUT2D eigenvalue weighted by molar-refractivity contribution is 6.31. The van der Waals surface area contributed by atoms with E-state index in [9.17, 15) is 9.18 Å². The van der Waals surface area contributed by atoms with Gasteiger partial charge in [-0.05, 0) is 37.3 Å². The largest absolute Gasteiger partial charge is 0.319 e. The molecule has 1 saturated carbocycles. The Kier molecular flexibility index (Phi) is 3.23. The highest BCUT2D eigenvalue weighted by Gasteiger charge is 2.43. The number of carbonyl (C=O) groups excluding carboxylic acids is 1. The number of carbonyl (C=O) groups is 1. The predicted octanol–water partition coefficient (Wildman–Crippen LogP) is 2.72. The third kappa shape index (κ3) is 2.50. The molecule has 92 valence electrons. The van der Waals surface area contributed by atoms with Gasteiger partial charge in [0.15, 0.2) is 5.78 Å². The van der Waals surface area contributed by atoms with Crippen LogP contribution in [0.3, 0.4) is 0 Å². The second-order valence-electron chi connectivity index (χ2n) is 4.87. The molecule has 0 saturated heterocycles. The zero-order valence-electron chi connectivity index (χ0n) is 9.67. The summed E-state index contributed by atoms with van der Waals surface area (Å²) >= 11 is 5.81. The molecule has 2 rings (SSSR count). The van der Waals surface area contributed by atoms with Gasteiger partial charge in [0.05, 0.1) is 10.6 Å². The fraction of sp³-hybridized carbons (Fsp3) is 0.462. The van der Waals surface area contributed by atoms with Crippen LogP contribution in [0, 0.1) is 11.7 Å². The lowest BCUT2D eigenvalue weighted by molar-refractivity contribution is -0.123. The van der Waals surface area contributed by atoms with Gasteiger partial charge in [-0.1, -0.05) is 23.7 Å². The first kappa shape index (κ1) is 12.5. The summed E-state index contributed by atoms with van der Waals surface area (Å²) in [7, 11) is 0. The van der Waals surface area contributed by atoms with Crippen LogP contribution >= 0.6 is 11.6 Å². The number of hydrogen-bond acceptors (Lipinski definition) is 2. The Hall–Kier alpha value is -0.930. The van der Waals surface area contributed by atoms with Crippen molar-refractivity contribution in [3.8, 4) is 0 Å². The molecule has 1 aliphatic rings. The molecule has 1 aliphatic carbocycles. The molecule has 1 aromatic rings. The van der Waals surface area contributed by atoms with E-state index in [0.29, 0.717) is 5.56 Å². The first-order valence-electron chi connectivity index (χ1n) is 5.68. The van der Waals surface area contributed by atoms with Gasteiger partial charge in [-0.15, -0.1) is 0 Å². The van der Waals surface area contributed by atoms with E-state index >= 15 is 0 Å². The molecule has 0 aromatic heterocycles. The maximum Gasteiger partial charge on any atom is 0.157 e. The van der Waals surface area contributed by atoms with Crippen LogP contribution in [0.5, 0.6) is 0 Å². The topological polar surface area (TPSA) is 43.1 Å². The Balaban J connectivity index is 2.15. The minimum atomic E-state index is -0.810. The number of Topliss-reactive ketones (excluding diaryl/α,β-unsaturated/α-hetero) is 1. The van der Waals surface area contributed by atoms with Gasteiger partial charge in [0.25, 0.3) is 0 Å². The zero-order valence-corrected chi connectivity index (χ0v) is 10.4. The van der Waals surface area contributed by atoms with Gasteiger partial charge in [0, 0.05) is 6.42 Å². The normalized spacial score (nSPS) is 18.8. The molecule has 17 heavy (non-hydrogen) atoms. The highest BCUT2D eigenvalue weighted by Crippen LogP contribution is 2.39. The number of hydrogen-bond donors (Lipinski definition) is 1. The molecule has 1 fully saturated rings. The average molecular weight is 256 g/mol. The van der Waals surface area contributed by atoms with E-state index in [2.05, 4.69) is 0 Å². The fourth-order valence-corrected chi connectivity index (χ4v) is 2.15. The second-order valence-corrected chi connectivity index (χ2v) is 5.25. The van der Waals surface area contributed by atoms with E-state index in [4.69, 9.17) is 17.3 Å². The van der Waals surface area contributed by atoms with Gasteiger partial charge in [-0.25, -0.2) is 4.39 Å². The molecule has 0 radical (unpaired) electrons. The third-order valence-corrected chi connectivity index (χ3v) is 3.83. The fourth-order valence-electron chi connectivity index (χ4n) is 1.96. The quantitative estimate of drug-likeness (QED) is 0.899. The van der Waals surface area contributed by atoms with Crippen LogP contribution in [0.25, 0.3) is 0 Å². The lowest BCUT2D eigenvalue weighted by Crippen LogP contribution is -2.48. The Labute approximate surface area is 105 Å². The number of ketones is 1. The lowest BCUT2D eigenvalue weighted by Gasteiger charge is -2.22. The van der Waals surface area contributed by atoms with Crippen LogP contribution in [-0.4, -0.2) is 11.3 Å².